The first-order valence-electron chi connectivity index (χ1n) is 10.6. The summed E-state index contributed by atoms with van der Waals surface area (Å²) in [7, 11) is 0. The molecule has 0 aliphatic carbocycles. The van der Waals surface area contributed by atoms with E-state index in [1.54, 1.807) is 16.2 Å². The van der Waals surface area contributed by atoms with Gasteiger partial charge >= 0.3 is 0 Å². The van der Waals surface area contributed by atoms with Crippen LogP contribution in [0.15, 0.2) is 35.7 Å². The molecule has 5 heteroatoms. The molecule has 0 radical (unpaired) electrons. The van der Waals surface area contributed by atoms with Crippen LogP contribution in [0.3, 0.4) is 0 Å². The molecule has 1 aliphatic rings. The Labute approximate surface area is 178 Å². The molecule has 2 heterocycles. The number of carbonyl (C=O) groups is 2. The maximum atomic E-state index is 13.4. The van der Waals surface area contributed by atoms with Gasteiger partial charge in [-0.05, 0) is 42.3 Å². The van der Waals surface area contributed by atoms with Gasteiger partial charge in [-0.3, -0.25) is 9.59 Å². The largest absolute Gasteiger partial charge is 0.333 e. The Hall–Kier alpha value is -2.14. The van der Waals surface area contributed by atoms with E-state index < -0.39 is 0 Å². The first-order chi connectivity index (χ1) is 13.9. The van der Waals surface area contributed by atoms with Crippen molar-refractivity contribution in [2.75, 3.05) is 19.6 Å². The van der Waals surface area contributed by atoms with Crippen molar-refractivity contribution in [3.05, 3.63) is 57.3 Å². The van der Waals surface area contributed by atoms with E-state index in [1.807, 2.05) is 18.7 Å². The zero-order valence-corrected chi connectivity index (χ0v) is 18.8. The lowest BCUT2D eigenvalue weighted by molar-refractivity contribution is -0.143. The van der Waals surface area contributed by atoms with Crippen LogP contribution < -0.4 is 0 Å². The van der Waals surface area contributed by atoms with Gasteiger partial charge in [0.2, 0.25) is 11.8 Å². The van der Waals surface area contributed by atoms with Crippen LogP contribution in [0.25, 0.3) is 0 Å². The molecule has 1 aromatic carbocycles. The number of unbranched alkanes of at least 4 members (excludes halogenated alkanes) is 1. The van der Waals surface area contributed by atoms with Gasteiger partial charge in [0, 0.05) is 23.9 Å². The lowest BCUT2D eigenvalue weighted by atomic mass is 9.92. The van der Waals surface area contributed by atoms with Crippen molar-refractivity contribution in [2.45, 2.75) is 53.0 Å². The molecule has 29 heavy (non-hydrogen) atoms. The summed E-state index contributed by atoms with van der Waals surface area (Å²) >= 11 is 1.77. The highest BCUT2D eigenvalue weighted by Crippen LogP contribution is 2.38. The average molecular weight is 413 g/mol. The van der Waals surface area contributed by atoms with Gasteiger partial charge in [-0.1, -0.05) is 57.0 Å². The molecular formula is C24H32N2O2S. The molecule has 0 fully saturated rings. The summed E-state index contributed by atoms with van der Waals surface area (Å²) in [5.41, 5.74) is 3.58. The van der Waals surface area contributed by atoms with Gasteiger partial charge in [0.15, 0.2) is 0 Å². The minimum atomic E-state index is -0.0996. The molecule has 1 atom stereocenters. The quantitative estimate of drug-likeness (QED) is 0.654. The smallest absolute Gasteiger partial charge is 0.242 e. The third-order valence-electron chi connectivity index (χ3n) is 5.59. The monoisotopic (exact) mass is 412 g/mol. The number of aryl methyl sites for hydroxylation is 1. The van der Waals surface area contributed by atoms with Crippen LogP contribution in [-0.4, -0.2) is 41.2 Å². The van der Waals surface area contributed by atoms with Crippen molar-refractivity contribution in [3.63, 3.8) is 0 Å². The number of hydrogen-bond donors (Lipinski definition) is 0. The normalized spacial score (nSPS) is 16.0. The molecule has 4 nitrogen and oxygen atoms in total. The van der Waals surface area contributed by atoms with Gasteiger partial charge in [0.1, 0.15) is 0 Å². The van der Waals surface area contributed by atoms with Gasteiger partial charge in [0.25, 0.3) is 0 Å². The minimum absolute atomic E-state index is 0.0394. The number of amides is 2. The van der Waals surface area contributed by atoms with Crippen LogP contribution in [0.5, 0.6) is 0 Å². The number of hydrogen-bond acceptors (Lipinski definition) is 3. The number of thiophene rings is 1. The number of fused-ring (bicyclic) bond motifs is 1. The predicted octanol–water partition coefficient (Wildman–Crippen LogP) is 4.82. The van der Waals surface area contributed by atoms with Crippen LogP contribution in [0.4, 0.5) is 0 Å². The van der Waals surface area contributed by atoms with Crippen molar-refractivity contribution in [2.24, 2.45) is 5.92 Å². The number of carbonyl (C=O) groups excluding carboxylic acids is 2. The van der Waals surface area contributed by atoms with E-state index in [0.717, 1.165) is 24.8 Å². The maximum absolute atomic E-state index is 13.4. The van der Waals surface area contributed by atoms with Crippen LogP contribution in [0.2, 0.25) is 0 Å². The van der Waals surface area contributed by atoms with E-state index in [9.17, 15) is 9.59 Å². The Morgan fingerprint density at radius 3 is 2.59 bits per heavy atom. The van der Waals surface area contributed by atoms with Gasteiger partial charge in [-0.2, -0.15) is 0 Å². The first kappa shape index (κ1) is 21.6. The van der Waals surface area contributed by atoms with E-state index in [1.165, 1.54) is 16.0 Å². The Kier molecular flexibility index (Phi) is 7.12. The Morgan fingerprint density at radius 1 is 1.21 bits per heavy atom. The summed E-state index contributed by atoms with van der Waals surface area (Å²) in [4.78, 5) is 31.2. The van der Waals surface area contributed by atoms with E-state index in [2.05, 4.69) is 49.6 Å². The topological polar surface area (TPSA) is 40.6 Å². The number of nitrogens with zero attached hydrogens (tertiary/aromatic N) is 2. The highest BCUT2D eigenvalue weighted by Gasteiger charge is 2.34. The first-order valence-corrected chi connectivity index (χ1v) is 11.5. The molecule has 0 N–H and O–H groups in total. The second kappa shape index (κ2) is 9.57. The molecule has 0 spiro atoms. The molecule has 0 saturated heterocycles. The molecule has 1 aromatic heterocycles. The van der Waals surface area contributed by atoms with Crippen LogP contribution >= 0.6 is 11.3 Å². The highest BCUT2D eigenvalue weighted by molar-refractivity contribution is 7.10. The molecule has 1 aliphatic heterocycles. The summed E-state index contributed by atoms with van der Waals surface area (Å²) in [6, 6.07) is 10.5. The van der Waals surface area contributed by atoms with Crippen molar-refractivity contribution in [1.29, 1.82) is 0 Å². The fourth-order valence-corrected chi connectivity index (χ4v) is 4.83. The summed E-state index contributed by atoms with van der Waals surface area (Å²) in [5.74, 6) is 0.00169. The molecule has 156 valence electrons. The zero-order valence-electron chi connectivity index (χ0n) is 18.0. The molecule has 3 rings (SSSR count). The highest BCUT2D eigenvalue weighted by atomic mass is 32.1. The third-order valence-corrected chi connectivity index (χ3v) is 6.59. The summed E-state index contributed by atoms with van der Waals surface area (Å²) in [5, 5.41) is 2.12. The van der Waals surface area contributed by atoms with Gasteiger partial charge in [-0.25, -0.2) is 0 Å². The Bertz CT molecular complexity index is 841. The zero-order chi connectivity index (χ0) is 21.0. The minimum Gasteiger partial charge on any atom is -0.333 e. The van der Waals surface area contributed by atoms with E-state index in [-0.39, 0.29) is 30.3 Å². The SMILES string of the molecule is CCCCN(CC(=O)N1CCc2sccc2[C@@H]1c1ccc(C)cc1)C(=O)C(C)C. The summed E-state index contributed by atoms with van der Waals surface area (Å²) < 4.78 is 0. The standard InChI is InChI=1S/C24H32N2O2S/c1-5-6-13-25(24(28)17(2)3)16-22(27)26-14-11-21-20(12-15-29-21)23(26)19-9-7-18(4)8-10-19/h7-10,12,15,17,23H,5-6,11,13-14,16H2,1-4H3/t23-/m0/s1. The van der Waals surface area contributed by atoms with Crippen LogP contribution in [-0.2, 0) is 16.0 Å². The van der Waals surface area contributed by atoms with Crippen molar-refractivity contribution in [1.82, 2.24) is 9.80 Å². The van der Waals surface area contributed by atoms with Crippen molar-refractivity contribution >= 4 is 23.2 Å². The number of rotatable bonds is 7. The number of benzene rings is 1. The summed E-state index contributed by atoms with van der Waals surface area (Å²) in [6.07, 6.45) is 2.81. The van der Waals surface area contributed by atoms with E-state index >= 15 is 0 Å². The van der Waals surface area contributed by atoms with E-state index in [0.29, 0.717) is 13.1 Å². The molecule has 2 aromatic rings. The van der Waals surface area contributed by atoms with Crippen molar-refractivity contribution < 1.29 is 9.59 Å². The van der Waals surface area contributed by atoms with Gasteiger partial charge in [0.05, 0.1) is 12.6 Å². The lowest BCUT2D eigenvalue weighted by Gasteiger charge is -2.38. The van der Waals surface area contributed by atoms with Crippen molar-refractivity contribution in [3.8, 4) is 0 Å². The fraction of sp³-hybridized carbons (Fsp3) is 0.500. The predicted molar refractivity (Wildman–Crippen MR) is 119 cm³/mol. The molecule has 0 saturated carbocycles. The summed E-state index contributed by atoms with van der Waals surface area (Å²) in [6.45, 7) is 9.49. The molecule has 2 amide bonds. The Morgan fingerprint density at radius 2 is 1.93 bits per heavy atom. The maximum Gasteiger partial charge on any atom is 0.242 e. The second-order valence-electron chi connectivity index (χ2n) is 8.22. The molecule has 0 unspecified atom stereocenters. The van der Waals surface area contributed by atoms with Gasteiger partial charge in [-0.15, -0.1) is 11.3 Å². The average Bonchev–Trinajstić information content (AvgIpc) is 3.19. The fourth-order valence-electron chi connectivity index (χ4n) is 3.93. The van der Waals surface area contributed by atoms with Gasteiger partial charge < -0.3 is 9.80 Å². The second-order valence-corrected chi connectivity index (χ2v) is 9.22. The lowest BCUT2D eigenvalue weighted by Crippen LogP contribution is -2.47. The molecule has 0 bridgehead atoms. The Balaban J connectivity index is 1.87. The van der Waals surface area contributed by atoms with E-state index in [4.69, 9.17) is 0 Å². The van der Waals surface area contributed by atoms with Crippen LogP contribution in [0.1, 0.15) is 61.2 Å². The third kappa shape index (κ3) is 4.89. The van der Waals surface area contributed by atoms with Crippen LogP contribution in [0, 0.1) is 12.8 Å². The molecular weight excluding hydrogens is 380 g/mol.